The first kappa shape index (κ1) is 18.6. The molecule has 0 fully saturated rings. The lowest BCUT2D eigenvalue weighted by Crippen LogP contribution is -1.98. The first-order valence-electron chi connectivity index (χ1n) is 6.46. The predicted molar refractivity (Wildman–Crippen MR) is 97.5 cm³/mol. The average Bonchev–Trinajstić information content (AvgIpc) is 2.48. The smallest absolute Gasteiger partial charge is 0.138 e. The fourth-order valence-electron chi connectivity index (χ4n) is 1.68. The summed E-state index contributed by atoms with van der Waals surface area (Å²) in [5.41, 5.74) is 0.828. The fraction of sp³-hybridized carbons (Fsp3) is 0.125. The summed E-state index contributed by atoms with van der Waals surface area (Å²) in [6.07, 6.45) is 1.52. The molecule has 0 atom stereocenters. The number of ether oxygens (including phenoxy) is 2. The minimum absolute atomic E-state index is 0.140. The SMILES string of the molecule is ClC(Cl)=CCOc1ccc(OCc2ccc(Cl)cc2Cl)cc1Cl. The lowest BCUT2D eigenvalue weighted by molar-refractivity contribution is 0.305. The van der Waals surface area contributed by atoms with Gasteiger partial charge < -0.3 is 9.47 Å². The summed E-state index contributed by atoms with van der Waals surface area (Å²) < 4.78 is 11.2. The molecule has 0 saturated carbocycles. The maximum absolute atomic E-state index is 6.14. The van der Waals surface area contributed by atoms with Crippen LogP contribution in [0.5, 0.6) is 11.5 Å². The molecule has 0 radical (unpaired) electrons. The third-order valence-electron chi connectivity index (χ3n) is 2.79. The monoisotopic (exact) mass is 410 g/mol. The van der Waals surface area contributed by atoms with Gasteiger partial charge in [0.1, 0.15) is 29.2 Å². The van der Waals surface area contributed by atoms with Crippen LogP contribution in [0, 0.1) is 0 Å². The van der Waals surface area contributed by atoms with Gasteiger partial charge in [-0.05, 0) is 30.3 Å². The van der Waals surface area contributed by atoms with Crippen LogP contribution in [0.3, 0.4) is 0 Å². The molecular formula is C16H11Cl5O2. The molecule has 0 saturated heterocycles. The molecule has 0 spiro atoms. The van der Waals surface area contributed by atoms with E-state index in [9.17, 15) is 0 Å². The van der Waals surface area contributed by atoms with E-state index >= 15 is 0 Å². The van der Waals surface area contributed by atoms with Crippen molar-refractivity contribution in [1.82, 2.24) is 0 Å². The van der Waals surface area contributed by atoms with Crippen molar-refractivity contribution in [3.05, 3.63) is 67.6 Å². The molecule has 2 rings (SSSR count). The Morgan fingerprint density at radius 2 is 1.70 bits per heavy atom. The molecule has 0 N–H and O–H groups in total. The van der Waals surface area contributed by atoms with Crippen molar-refractivity contribution in [3.8, 4) is 11.5 Å². The lowest BCUT2D eigenvalue weighted by atomic mass is 10.2. The van der Waals surface area contributed by atoms with E-state index in [-0.39, 0.29) is 11.1 Å². The molecule has 2 nitrogen and oxygen atoms in total. The van der Waals surface area contributed by atoms with Crippen molar-refractivity contribution in [2.45, 2.75) is 6.61 Å². The molecule has 0 heterocycles. The van der Waals surface area contributed by atoms with Crippen LogP contribution < -0.4 is 9.47 Å². The second-order valence-corrected chi connectivity index (χ2v) is 6.68. The highest BCUT2D eigenvalue weighted by Gasteiger charge is 2.06. The summed E-state index contributed by atoms with van der Waals surface area (Å²) >= 11 is 29.1. The fourth-order valence-corrected chi connectivity index (χ4v) is 2.50. The first-order chi connectivity index (χ1) is 11.0. The van der Waals surface area contributed by atoms with Crippen molar-refractivity contribution in [1.29, 1.82) is 0 Å². The van der Waals surface area contributed by atoms with Gasteiger partial charge in [-0.25, -0.2) is 0 Å². The van der Waals surface area contributed by atoms with Gasteiger partial charge in [-0.3, -0.25) is 0 Å². The number of halogens is 5. The maximum Gasteiger partial charge on any atom is 0.138 e. The molecule has 0 aliphatic heterocycles. The molecular weight excluding hydrogens is 401 g/mol. The van der Waals surface area contributed by atoms with Gasteiger partial charge >= 0.3 is 0 Å². The third kappa shape index (κ3) is 5.98. The number of hydrogen-bond donors (Lipinski definition) is 0. The maximum atomic E-state index is 6.14. The minimum Gasteiger partial charge on any atom is -0.489 e. The quantitative estimate of drug-likeness (QED) is 0.512. The van der Waals surface area contributed by atoms with Gasteiger partial charge in [0, 0.05) is 21.7 Å². The summed E-state index contributed by atoms with van der Waals surface area (Å²) in [6.45, 7) is 0.528. The third-order valence-corrected chi connectivity index (χ3v) is 3.98. The zero-order valence-electron chi connectivity index (χ0n) is 11.7. The Hall–Kier alpha value is -0.770. The number of rotatable bonds is 6. The van der Waals surface area contributed by atoms with Crippen LogP contribution in [-0.4, -0.2) is 6.61 Å². The molecule has 0 unspecified atom stereocenters. The van der Waals surface area contributed by atoms with E-state index in [0.29, 0.717) is 33.2 Å². The number of hydrogen-bond acceptors (Lipinski definition) is 2. The van der Waals surface area contributed by atoms with Crippen molar-refractivity contribution in [2.24, 2.45) is 0 Å². The van der Waals surface area contributed by atoms with Crippen LogP contribution in [-0.2, 0) is 6.61 Å². The second kappa shape index (κ2) is 8.91. The molecule has 2 aromatic rings. The second-order valence-electron chi connectivity index (χ2n) is 4.42. The predicted octanol–water partition coefficient (Wildman–Crippen LogP) is 6.92. The van der Waals surface area contributed by atoms with Crippen LogP contribution >= 0.6 is 58.0 Å². The van der Waals surface area contributed by atoms with Crippen molar-refractivity contribution >= 4 is 58.0 Å². The summed E-state index contributed by atoms with van der Waals surface area (Å²) in [5, 5.41) is 1.55. The lowest BCUT2D eigenvalue weighted by Gasteiger charge is -2.10. The van der Waals surface area contributed by atoms with Gasteiger partial charge in [-0.15, -0.1) is 0 Å². The topological polar surface area (TPSA) is 18.5 Å². The van der Waals surface area contributed by atoms with Crippen molar-refractivity contribution in [2.75, 3.05) is 6.61 Å². The molecule has 0 aliphatic rings. The Morgan fingerprint density at radius 3 is 2.35 bits per heavy atom. The van der Waals surface area contributed by atoms with Crippen LogP contribution in [0.15, 0.2) is 47.0 Å². The van der Waals surface area contributed by atoms with Crippen molar-refractivity contribution < 1.29 is 9.47 Å². The average molecular weight is 413 g/mol. The van der Waals surface area contributed by atoms with E-state index in [0.717, 1.165) is 5.56 Å². The van der Waals surface area contributed by atoms with Crippen LogP contribution in [0.4, 0.5) is 0 Å². The van der Waals surface area contributed by atoms with Gasteiger partial charge in [0.2, 0.25) is 0 Å². The first-order valence-corrected chi connectivity index (χ1v) is 8.35. The van der Waals surface area contributed by atoms with Gasteiger partial charge in [0.05, 0.1) is 5.02 Å². The molecule has 0 bridgehead atoms. The van der Waals surface area contributed by atoms with E-state index in [1.807, 2.05) is 6.07 Å². The van der Waals surface area contributed by atoms with E-state index < -0.39 is 0 Å². The van der Waals surface area contributed by atoms with Gasteiger partial charge in [0.25, 0.3) is 0 Å². The Balaban J connectivity index is 1.98. The normalized spacial score (nSPS) is 10.3. The van der Waals surface area contributed by atoms with Gasteiger partial charge in [-0.2, -0.15) is 0 Å². The summed E-state index contributed by atoms with van der Waals surface area (Å²) in [5.74, 6) is 1.11. The van der Waals surface area contributed by atoms with Crippen LogP contribution in [0.25, 0.3) is 0 Å². The summed E-state index contributed by atoms with van der Waals surface area (Å²) in [7, 11) is 0. The van der Waals surface area contributed by atoms with E-state index in [1.165, 1.54) is 6.08 Å². The molecule has 0 aliphatic carbocycles. The highest BCUT2D eigenvalue weighted by molar-refractivity contribution is 6.55. The standard InChI is InChI=1S/C16H11Cl5O2/c17-11-2-1-10(13(18)7-11)9-23-12-3-4-15(14(19)8-12)22-6-5-16(20)21/h1-5,7-8H,6,9H2. The minimum atomic E-state index is 0.140. The molecule has 2 aromatic carbocycles. The largest absolute Gasteiger partial charge is 0.489 e. The van der Waals surface area contributed by atoms with E-state index in [2.05, 4.69) is 0 Å². The zero-order chi connectivity index (χ0) is 16.8. The molecule has 122 valence electrons. The highest BCUT2D eigenvalue weighted by Crippen LogP contribution is 2.30. The molecule has 0 aromatic heterocycles. The van der Waals surface area contributed by atoms with Crippen LogP contribution in [0.1, 0.15) is 5.56 Å². The van der Waals surface area contributed by atoms with Crippen LogP contribution in [0.2, 0.25) is 15.1 Å². The van der Waals surface area contributed by atoms with Crippen molar-refractivity contribution in [3.63, 3.8) is 0 Å². The molecule has 7 heteroatoms. The summed E-state index contributed by atoms with van der Waals surface area (Å²) in [6, 6.07) is 10.3. The molecule has 23 heavy (non-hydrogen) atoms. The Labute approximate surface area is 159 Å². The Morgan fingerprint density at radius 1 is 0.913 bits per heavy atom. The van der Waals surface area contributed by atoms with E-state index in [1.54, 1.807) is 30.3 Å². The van der Waals surface area contributed by atoms with Gasteiger partial charge in [-0.1, -0.05) is 64.1 Å². The van der Waals surface area contributed by atoms with Gasteiger partial charge in [0.15, 0.2) is 0 Å². The highest BCUT2D eigenvalue weighted by atomic mass is 35.5. The number of benzene rings is 2. The Bertz CT molecular complexity index is 712. The summed E-state index contributed by atoms with van der Waals surface area (Å²) in [4.78, 5) is 0. The molecule has 0 amide bonds. The zero-order valence-corrected chi connectivity index (χ0v) is 15.4. The van der Waals surface area contributed by atoms with E-state index in [4.69, 9.17) is 67.5 Å². The Kier molecular flexibility index (Phi) is 7.19.